The van der Waals surface area contributed by atoms with Gasteiger partial charge in [-0.2, -0.15) is 0 Å². The Morgan fingerprint density at radius 2 is 1.93 bits per heavy atom. The number of β-lactam (4-membered cyclic amide) rings is 1. The summed E-state index contributed by atoms with van der Waals surface area (Å²) in [6.45, 7) is 6.32. The zero-order valence-corrected chi connectivity index (χ0v) is 24.8. The number of carbonyl (C=O) groups is 1. The van der Waals surface area contributed by atoms with Gasteiger partial charge in [-0.25, -0.2) is 4.98 Å². The lowest BCUT2D eigenvalue weighted by Crippen LogP contribution is -2.85. The molecule has 1 aliphatic heterocycles. The van der Waals surface area contributed by atoms with Crippen LogP contribution in [-0.4, -0.2) is 36.9 Å². The van der Waals surface area contributed by atoms with Crippen molar-refractivity contribution in [1.29, 1.82) is 0 Å². The monoisotopic (exact) mass is 575 g/mol. The first-order valence-electron chi connectivity index (χ1n) is 14.8. The average Bonchev–Trinajstić information content (AvgIpc) is 3.51. The van der Waals surface area contributed by atoms with E-state index in [9.17, 15) is 4.79 Å². The normalized spacial score (nSPS) is 23.9. The molecule has 9 heteroatoms. The minimum Gasteiger partial charge on any atom is -0.475 e. The Morgan fingerprint density at radius 1 is 1.10 bits per heavy atom. The van der Waals surface area contributed by atoms with E-state index in [4.69, 9.17) is 26.1 Å². The highest BCUT2D eigenvalue weighted by atomic mass is 35.5. The van der Waals surface area contributed by atoms with Crippen molar-refractivity contribution in [3.8, 4) is 17.4 Å². The number of rotatable bonds is 10. The number of H-pyrrole nitrogens is 1. The number of para-hydroxylation sites is 1. The molecule has 6 rings (SSSR count). The van der Waals surface area contributed by atoms with Gasteiger partial charge in [-0.15, -0.1) is 9.73 Å². The van der Waals surface area contributed by atoms with Crippen LogP contribution < -0.4 is 14.8 Å². The molecule has 0 radical (unpaired) electrons. The van der Waals surface area contributed by atoms with Gasteiger partial charge >= 0.3 is 0 Å². The van der Waals surface area contributed by atoms with Gasteiger partial charge in [-0.3, -0.25) is 9.89 Å². The SMILES string of the molecule is CCCCCCC1(Oc2ccc(C)cc2C)C(=O)NC12CCCCC2c1nc2c(Cl)c(Oc3ccccc3)nn2[nH]1. The number of aryl methyl sites for hydroxylation is 2. The quantitative estimate of drug-likeness (QED) is 0.151. The van der Waals surface area contributed by atoms with Crippen molar-refractivity contribution < 1.29 is 14.3 Å². The van der Waals surface area contributed by atoms with Crippen LogP contribution in [0, 0.1) is 13.8 Å². The fourth-order valence-corrected chi connectivity index (χ4v) is 6.96. The van der Waals surface area contributed by atoms with Gasteiger partial charge in [0.2, 0.25) is 5.60 Å². The van der Waals surface area contributed by atoms with E-state index >= 15 is 0 Å². The van der Waals surface area contributed by atoms with Crippen molar-refractivity contribution >= 4 is 23.2 Å². The molecule has 0 bridgehead atoms. The van der Waals surface area contributed by atoms with Crippen molar-refractivity contribution in [3.63, 3.8) is 0 Å². The highest BCUT2D eigenvalue weighted by molar-refractivity contribution is 6.34. The molecule has 1 spiro atoms. The number of unbranched alkanes of at least 4 members (excludes halogenated alkanes) is 3. The molecular formula is C32H38ClN5O3. The fourth-order valence-electron chi connectivity index (χ4n) is 6.76. The predicted molar refractivity (Wildman–Crippen MR) is 159 cm³/mol. The number of ether oxygens (including phenoxy) is 2. The lowest BCUT2D eigenvalue weighted by Gasteiger charge is -2.62. The molecule has 2 aliphatic rings. The summed E-state index contributed by atoms with van der Waals surface area (Å²) >= 11 is 6.71. The molecule has 3 heterocycles. The molecule has 216 valence electrons. The van der Waals surface area contributed by atoms with Gasteiger partial charge < -0.3 is 14.8 Å². The van der Waals surface area contributed by atoms with Crippen LogP contribution in [0.25, 0.3) is 5.65 Å². The Hall–Kier alpha value is -3.52. The molecule has 2 aromatic carbocycles. The van der Waals surface area contributed by atoms with Crippen LogP contribution in [0.5, 0.6) is 17.4 Å². The third kappa shape index (κ3) is 4.76. The summed E-state index contributed by atoms with van der Waals surface area (Å²) in [5.41, 5.74) is 1.14. The van der Waals surface area contributed by atoms with Gasteiger partial charge in [0.05, 0.1) is 5.54 Å². The number of benzene rings is 2. The molecule has 8 nitrogen and oxygen atoms in total. The maximum atomic E-state index is 13.7. The molecule has 3 unspecified atom stereocenters. The average molecular weight is 576 g/mol. The fraction of sp³-hybridized carbons (Fsp3) is 0.469. The Bertz CT molecular complexity index is 1550. The van der Waals surface area contributed by atoms with Gasteiger partial charge in [-0.05, 0) is 63.3 Å². The third-order valence-electron chi connectivity index (χ3n) is 8.84. The molecule has 41 heavy (non-hydrogen) atoms. The Morgan fingerprint density at radius 3 is 2.66 bits per heavy atom. The van der Waals surface area contributed by atoms with E-state index in [-0.39, 0.29) is 11.8 Å². The second kappa shape index (κ2) is 11.0. The lowest BCUT2D eigenvalue weighted by atomic mass is 9.56. The summed E-state index contributed by atoms with van der Waals surface area (Å²) < 4.78 is 14.4. The number of hydrogen-bond acceptors (Lipinski definition) is 5. The van der Waals surface area contributed by atoms with Crippen LogP contribution in [-0.2, 0) is 4.79 Å². The molecule has 1 saturated heterocycles. The molecule has 1 amide bonds. The number of carbonyl (C=O) groups excluding carboxylic acids is 1. The summed E-state index contributed by atoms with van der Waals surface area (Å²) in [5, 5.41) is 11.6. The summed E-state index contributed by atoms with van der Waals surface area (Å²) in [5.74, 6) is 2.35. The molecule has 1 saturated carbocycles. The largest absolute Gasteiger partial charge is 0.475 e. The Labute approximate surface area is 245 Å². The van der Waals surface area contributed by atoms with Crippen LogP contribution in [0.2, 0.25) is 5.02 Å². The van der Waals surface area contributed by atoms with Crippen molar-refractivity contribution in [2.24, 2.45) is 0 Å². The number of nitrogens with zero attached hydrogens (tertiary/aromatic N) is 3. The highest BCUT2D eigenvalue weighted by Crippen LogP contribution is 2.55. The van der Waals surface area contributed by atoms with Crippen LogP contribution in [0.3, 0.4) is 0 Å². The second-order valence-corrected chi connectivity index (χ2v) is 12.0. The van der Waals surface area contributed by atoms with Crippen molar-refractivity contribution in [2.75, 3.05) is 0 Å². The Kier molecular flexibility index (Phi) is 7.45. The van der Waals surface area contributed by atoms with Gasteiger partial charge in [0, 0.05) is 5.92 Å². The van der Waals surface area contributed by atoms with Crippen LogP contribution >= 0.6 is 11.6 Å². The molecule has 1 aliphatic carbocycles. The first-order valence-corrected chi connectivity index (χ1v) is 15.2. The zero-order valence-electron chi connectivity index (χ0n) is 24.0. The smallest absolute Gasteiger partial charge is 0.267 e. The standard InChI is InChI=1S/C32H38ClN5O3/c1-4-5-6-11-19-32(41-25-17-16-21(2)20-22(25)3)30(39)35-31(32)18-12-10-15-24(31)27-34-28-26(33)29(37-38(28)36-27)40-23-13-8-7-9-14-23/h7-9,13-14,16-17,20,24H,4-6,10-12,15,18-19H2,1-3H3,(H,34,36)(H,35,39). The van der Waals surface area contributed by atoms with Crippen molar-refractivity contribution in [2.45, 2.75) is 95.6 Å². The first kappa shape index (κ1) is 27.6. The molecule has 2 fully saturated rings. The van der Waals surface area contributed by atoms with E-state index in [0.29, 0.717) is 28.7 Å². The minimum atomic E-state index is -0.980. The summed E-state index contributed by atoms with van der Waals surface area (Å²) in [6, 6.07) is 15.6. The van der Waals surface area contributed by atoms with Crippen LogP contribution in [0.15, 0.2) is 48.5 Å². The number of halogens is 1. The van der Waals surface area contributed by atoms with E-state index < -0.39 is 11.1 Å². The van der Waals surface area contributed by atoms with Crippen LogP contribution in [0.1, 0.15) is 87.6 Å². The number of nitrogens with one attached hydrogen (secondary N) is 2. The van der Waals surface area contributed by atoms with E-state index in [1.807, 2.05) is 49.4 Å². The number of aromatic amines is 1. The highest BCUT2D eigenvalue weighted by Gasteiger charge is 2.71. The summed E-state index contributed by atoms with van der Waals surface area (Å²) in [6.07, 6.45) is 8.67. The Balaban J connectivity index is 1.36. The predicted octanol–water partition coefficient (Wildman–Crippen LogP) is 7.43. The number of aromatic nitrogens is 4. The number of hydrogen-bond donors (Lipinski definition) is 2. The van der Waals surface area contributed by atoms with Gasteiger partial charge in [-0.1, -0.05) is 86.5 Å². The van der Waals surface area contributed by atoms with E-state index in [1.54, 1.807) is 4.63 Å². The van der Waals surface area contributed by atoms with Gasteiger partial charge in [0.15, 0.2) is 10.7 Å². The lowest BCUT2D eigenvalue weighted by molar-refractivity contribution is -0.180. The second-order valence-electron chi connectivity index (χ2n) is 11.6. The molecule has 3 atom stereocenters. The van der Waals surface area contributed by atoms with E-state index in [1.165, 1.54) is 5.56 Å². The summed E-state index contributed by atoms with van der Waals surface area (Å²) in [7, 11) is 0. The molecule has 2 N–H and O–H groups in total. The maximum Gasteiger partial charge on any atom is 0.267 e. The van der Waals surface area contributed by atoms with Crippen molar-refractivity contribution in [1.82, 2.24) is 25.1 Å². The van der Waals surface area contributed by atoms with E-state index in [2.05, 4.69) is 35.4 Å². The van der Waals surface area contributed by atoms with Crippen LogP contribution in [0.4, 0.5) is 0 Å². The minimum absolute atomic E-state index is 0.0335. The number of fused-ring (bicyclic) bond motifs is 1. The first-order chi connectivity index (χ1) is 19.9. The topological polar surface area (TPSA) is 93.5 Å². The summed E-state index contributed by atoms with van der Waals surface area (Å²) in [4.78, 5) is 18.7. The van der Waals surface area contributed by atoms with Crippen molar-refractivity contribution in [3.05, 3.63) is 70.5 Å². The molecule has 2 aromatic heterocycles. The number of amides is 1. The third-order valence-corrected chi connectivity index (χ3v) is 9.17. The molecular weight excluding hydrogens is 538 g/mol. The zero-order chi connectivity index (χ0) is 28.6. The maximum absolute atomic E-state index is 13.7. The van der Waals surface area contributed by atoms with Gasteiger partial charge in [0.25, 0.3) is 11.8 Å². The van der Waals surface area contributed by atoms with Gasteiger partial charge in [0.1, 0.15) is 17.3 Å². The van der Waals surface area contributed by atoms with E-state index in [0.717, 1.165) is 68.5 Å². The molecule has 4 aromatic rings.